The second-order valence-electron chi connectivity index (χ2n) is 6.16. The molecule has 0 fully saturated rings. The first-order valence-electron chi connectivity index (χ1n) is 8.11. The minimum absolute atomic E-state index is 0.420. The van der Waals surface area contributed by atoms with Gasteiger partial charge < -0.3 is 4.74 Å². The summed E-state index contributed by atoms with van der Waals surface area (Å²) >= 11 is 0. The summed E-state index contributed by atoms with van der Waals surface area (Å²) in [6, 6.07) is 21.2. The highest BCUT2D eigenvalue weighted by atomic mass is 16.5. The number of rotatable bonds is 4. The lowest BCUT2D eigenvalue weighted by Crippen LogP contribution is -2.45. The standard InChI is InChI=1S/C21H21NO3/c1-15(23)22(24)21(2,17-9-5-4-6-10-17)20-11-7-8-16-14-18(25-3)12-13-19(16)20/h4-14,24H,1-3H3. The number of hydrogen-bond acceptors (Lipinski definition) is 3. The first-order chi connectivity index (χ1) is 12.0. The van der Waals surface area contributed by atoms with Gasteiger partial charge in [0.1, 0.15) is 11.3 Å². The quantitative estimate of drug-likeness (QED) is 0.570. The first kappa shape index (κ1) is 17.0. The van der Waals surface area contributed by atoms with Gasteiger partial charge in [-0.25, -0.2) is 5.06 Å². The van der Waals surface area contributed by atoms with Crippen molar-refractivity contribution in [2.45, 2.75) is 19.4 Å². The number of amides is 1. The van der Waals surface area contributed by atoms with Gasteiger partial charge in [0.15, 0.2) is 0 Å². The maximum Gasteiger partial charge on any atom is 0.243 e. The summed E-state index contributed by atoms with van der Waals surface area (Å²) in [7, 11) is 1.63. The van der Waals surface area contributed by atoms with Crippen molar-refractivity contribution >= 4 is 16.7 Å². The van der Waals surface area contributed by atoms with E-state index in [-0.39, 0.29) is 0 Å². The number of hydrogen-bond donors (Lipinski definition) is 1. The molecular formula is C21H21NO3. The van der Waals surface area contributed by atoms with Crippen molar-refractivity contribution in [1.82, 2.24) is 5.06 Å². The van der Waals surface area contributed by atoms with Crippen LogP contribution in [-0.2, 0) is 10.3 Å². The predicted octanol–water partition coefficient (Wildman–Crippen LogP) is 4.35. The lowest BCUT2D eigenvalue weighted by Gasteiger charge is -2.38. The molecule has 4 heteroatoms. The van der Waals surface area contributed by atoms with Crippen molar-refractivity contribution in [1.29, 1.82) is 0 Å². The van der Waals surface area contributed by atoms with Crippen LogP contribution in [0.2, 0.25) is 0 Å². The van der Waals surface area contributed by atoms with Crippen LogP contribution in [0.3, 0.4) is 0 Å². The van der Waals surface area contributed by atoms with Gasteiger partial charge >= 0.3 is 0 Å². The lowest BCUT2D eigenvalue weighted by atomic mass is 9.81. The highest BCUT2D eigenvalue weighted by Crippen LogP contribution is 2.39. The summed E-state index contributed by atoms with van der Waals surface area (Å²) < 4.78 is 5.30. The largest absolute Gasteiger partial charge is 0.497 e. The fourth-order valence-corrected chi connectivity index (χ4v) is 3.28. The molecule has 0 spiro atoms. The third-order valence-corrected chi connectivity index (χ3v) is 4.67. The number of nitrogens with zero attached hydrogens (tertiary/aromatic N) is 1. The molecule has 1 amide bonds. The van der Waals surface area contributed by atoms with Gasteiger partial charge in [-0.15, -0.1) is 0 Å². The summed E-state index contributed by atoms with van der Waals surface area (Å²) in [5.41, 5.74) is 0.661. The molecule has 0 bridgehead atoms. The van der Waals surface area contributed by atoms with Crippen LogP contribution in [0.5, 0.6) is 5.75 Å². The highest BCUT2D eigenvalue weighted by Gasteiger charge is 2.38. The van der Waals surface area contributed by atoms with Gasteiger partial charge in [-0.05, 0) is 41.0 Å². The molecule has 0 aliphatic heterocycles. The summed E-state index contributed by atoms with van der Waals surface area (Å²) in [6.45, 7) is 3.21. The summed E-state index contributed by atoms with van der Waals surface area (Å²) in [6.07, 6.45) is 0. The van der Waals surface area contributed by atoms with E-state index in [1.54, 1.807) is 7.11 Å². The minimum Gasteiger partial charge on any atom is -0.497 e. The van der Waals surface area contributed by atoms with Gasteiger partial charge in [0.05, 0.1) is 7.11 Å². The number of benzene rings is 3. The van der Waals surface area contributed by atoms with Crippen molar-refractivity contribution in [2.75, 3.05) is 7.11 Å². The monoisotopic (exact) mass is 335 g/mol. The van der Waals surface area contributed by atoms with Crippen molar-refractivity contribution in [3.05, 3.63) is 77.9 Å². The van der Waals surface area contributed by atoms with Crippen LogP contribution >= 0.6 is 0 Å². The second-order valence-corrected chi connectivity index (χ2v) is 6.16. The van der Waals surface area contributed by atoms with Gasteiger partial charge in [-0.1, -0.05) is 54.6 Å². The number of hydroxylamine groups is 2. The van der Waals surface area contributed by atoms with Crippen LogP contribution in [0.25, 0.3) is 10.8 Å². The average molecular weight is 335 g/mol. The van der Waals surface area contributed by atoms with E-state index in [2.05, 4.69) is 0 Å². The Balaban J connectivity index is 2.31. The topological polar surface area (TPSA) is 49.8 Å². The second kappa shape index (κ2) is 6.57. The van der Waals surface area contributed by atoms with E-state index in [9.17, 15) is 10.0 Å². The molecule has 25 heavy (non-hydrogen) atoms. The van der Waals surface area contributed by atoms with Crippen molar-refractivity contribution in [3.8, 4) is 5.75 Å². The van der Waals surface area contributed by atoms with Crippen LogP contribution in [0.15, 0.2) is 66.7 Å². The molecule has 0 heterocycles. The fraction of sp³-hybridized carbons (Fsp3) is 0.190. The molecule has 1 N–H and O–H groups in total. The van der Waals surface area contributed by atoms with E-state index in [1.165, 1.54) is 6.92 Å². The van der Waals surface area contributed by atoms with Crippen molar-refractivity contribution < 1.29 is 14.7 Å². The van der Waals surface area contributed by atoms with E-state index in [0.29, 0.717) is 0 Å². The highest BCUT2D eigenvalue weighted by molar-refractivity contribution is 5.89. The number of methoxy groups -OCH3 is 1. The summed E-state index contributed by atoms with van der Waals surface area (Å²) in [5.74, 6) is 0.343. The zero-order chi connectivity index (χ0) is 18.0. The molecule has 3 rings (SSSR count). The molecule has 1 atom stereocenters. The average Bonchev–Trinajstić information content (AvgIpc) is 2.66. The van der Waals surface area contributed by atoms with E-state index in [1.807, 2.05) is 73.7 Å². The van der Waals surface area contributed by atoms with Crippen molar-refractivity contribution in [3.63, 3.8) is 0 Å². The van der Waals surface area contributed by atoms with Crippen LogP contribution in [0, 0.1) is 0 Å². The van der Waals surface area contributed by atoms with Gasteiger partial charge in [0.2, 0.25) is 5.91 Å². The Hall–Kier alpha value is -2.85. The Morgan fingerprint density at radius 3 is 2.40 bits per heavy atom. The van der Waals surface area contributed by atoms with Gasteiger partial charge in [-0.2, -0.15) is 0 Å². The van der Waals surface area contributed by atoms with Crippen LogP contribution in [0.1, 0.15) is 25.0 Å². The maximum atomic E-state index is 12.0. The molecular weight excluding hydrogens is 314 g/mol. The summed E-state index contributed by atoms with van der Waals surface area (Å²) in [5, 5.41) is 13.4. The Morgan fingerprint density at radius 2 is 1.76 bits per heavy atom. The molecule has 0 saturated heterocycles. The molecule has 4 nitrogen and oxygen atoms in total. The SMILES string of the molecule is COc1ccc2c(C(C)(c3ccccc3)N(O)C(C)=O)cccc2c1. The van der Waals surface area contributed by atoms with E-state index in [0.717, 1.165) is 32.7 Å². The van der Waals surface area contributed by atoms with Gasteiger partial charge in [0.25, 0.3) is 0 Å². The van der Waals surface area contributed by atoms with E-state index < -0.39 is 11.4 Å². The molecule has 3 aromatic rings. The Morgan fingerprint density at radius 1 is 1.04 bits per heavy atom. The third-order valence-electron chi connectivity index (χ3n) is 4.67. The number of carbonyl (C=O) groups excluding carboxylic acids is 1. The lowest BCUT2D eigenvalue weighted by molar-refractivity contribution is -0.185. The van der Waals surface area contributed by atoms with E-state index in [4.69, 9.17) is 4.74 Å². The molecule has 1 unspecified atom stereocenters. The normalized spacial score (nSPS) is 13.3. The molecule has 128 valence electrons. The Labute approximate surface area is 147 Å². The number of carbonyl (C=O) groups is 1. The molecule has 3 aromatic carbocycles. The zero-order valence-electron chi connectivity index (χ0n) is 14.6. The summed E-state index contributed by atoms with van der Waals surface area (Å²) in [4.78, 5) is 12.0. The van der Waals surface area contributed by atoms with Crippen LogP contribution in [-0.4, -0.2) is 23.3 Å². The van der Waals surface area contributed by atoms with E-state index >= 15 is 0 Å². The van der Waals surface area contributed by atoms with Crippen molar-refractivity contribution in [2.24, 2.45) is 0 Å². The zero-order valence-corrected chi connectivity index (χ0v) is 14.6. The smallest absolute Gasteiger partial charge is 0.243 e. The Bertz CT molecular complexity index is 907. The number of fused-ring (bicyclic) bond motifs is 1. The predicted molar refractivity (Wildman–Crippen MR) is 97.7 cm³/mol. The minimum atomic E-state index is -1.01. The van der Waals surface area contributed by atoms with Crippen LogP contribution in [0.4, 0.5) is 0 Å². The maximum absolute atomic E-state index is 12.0. The number of ether oxygens (including phenoxy) is 1. The van der Waals surface area contributed by atoms with Crippen LogP contribution < -0.4 is 4.74 Å². The third kappa shape index (κ3) is 2.85. The fourth-order valence-electron chi connectivity index (χ4n) is 3.28. The Kier molecular flexibility index (Phi) is 4.47. The van der Waals surface area contributed by atoms with Gasteiger partial charge in [-0.3, -0.25) is 10.0 Å². The molecule has 0 radical (unpaired) electrons. The first-order valence-corrected chi connectivity index (χ1v) is 8.11. The molecule has 0 saturated carbocycles. The van der Waals surface area contributed by atoms with Gasteiger partial charge in [0, 0.05) is 6.92 Å². The molecule has 0 aromatic heterocycles. The molecule has 0 aliphatic carbocycles. The molecule has 0 aliphatic rings.